The molecule has 23 heavy (non-hydrogen) atoms. The Bertz CT molecular complexity index is 689. The van der Waals surface area contributed by atoms with Crippen molar-refractivity contribution in [3.63, 3.8) is 0 Å². The molecule has 0 bridgehead atoms. The van der Waals surface area contributed by atoms with Crippen molar-refractivity contribution < 1.29 is 0 Å². The maximum absolute atomic E-state index is 2.24. The zero-order valence-electron chi connectivity index (χ0n) is 13.3. The van der Waals surface area contributed by atoms with Crippen molar-refractivity contribution in [2.75, 3.05) is 0 Å². The molecule has 0 atom stereocenters. The molecule has 0 saturated carbocycles. The van der Waals surface area contributed by atoms with Gasteiger partial charge in [0.2, 0.25) is 0 Å². The van der Waals surface area contributed by atoms with Crippen LogP contribution in [0.4, 0.5) is 0 Å². The van der Waals surface area contributed by atoms with E-state index >= 15 is 0 Å². The van der Waals surface area contributed by atoms with E-state index < -0.39 is 6.33 Å². The van der Waals surface area contributed by atoms with Crippen LogP contribution in [0, 0.1) is 13.8 Å². The lowest BCUT2D eigenvalue weighted by atomic mass is 10.2. The van der Waals surface area contributed by atoms with Crippen LogP contribution in [0.5, 0.6) is 0 Å². The molecule has 0 N–H and O–H groups in total. The molecule has 0 amide bonds. The topological polar surface area (TPSA) is 0 Å². The van der Waals surface area contributed by atoms with Gasteiger partial charge in [-0.1, -0.05) is 88.5 Å². The van der Waals surface area contributed by atoms with Crippen LogP contribution in [0.25, 0.3) is 0 Å². The van der Waals surface area contributed by atoms with Crippen molar-refractivity contribution in [1.29, 1.82) is 0 Å². The van der Waals surface area contributed by atoms with E-state index in [4.69, 9.17) is 0 Å². The minimum atomic E-state index is -0.394. The molecule has 0 radical (unpaired) electrons. The fraction of sp³-hybridized carbons (Fsp3) is 0.100. The Hall–Kier alpha value is -1.21. The van der Waals surface area contributed by atoms with E-state index in [2.05, 4.69) is 92.7 Å². The molecular formula is C20H19PS2. The molecule has 3 heteroatoms. The van der Waals surface area contributed by atoms with E-state index in [9.17, 15) is 0 Å². The summed E-state index contributed by atoms with van der Waals surface area (Å²) in [6, 6.07) is 28.5. The van der Waals surface area contributed by atoms with Crippen LogP contribution >= 0.6 is 29.1 Å². The lowest BCUT2D eigenvalue weighted by Crippen LogP contribution is -1.94. The zero-order chi connectivity index (χ0) is 16.1. The fourth-order valence-electron chi connectivity index (χ4n) is 2.06. The molecule has 3 aromatic rings. The number of rotatable bonds is 5. The summed E-state index contributed by atoms with van der Waals surface area (Å²) in [5, 5.41) is 1.42. The Morgan fingerprint density at radius 1 is 0.565 bits per heavy atom. The molecule has 0 aliphatic heterocycles. The van der Waals surface area contributed by atoms with Gasteiger partial charge in [0.1, 0.15) is 0 Å². The molecule has 0 fully saturated rings. The monoisotopic (exact) mass is 354 g/mol. The van der Waals surface area contributed by atoms with E-state index in [1.807, 2.05) is 22.8 Å². The van der Waals surface area contributed by atoms with Crippen LogP contribution in [-0.4, -0.2) is 0 Å². The molecule has 0 heterocycles. The van der Waals surface area contributed by atoms with E-state index in [-0.39, 0.29) is 0 Å². The molecule has 0 aliphatic rings. The van der Waals surface area contributed by atoms with Crippen LogP contribution in [0.15, 0.2) is 88.7 Å². The first-order valence-electron chi connectivity index (χ1n) is 7.55. The van der Waals surface area contributed by atoms with E-state index in [1.54, 1.807) is 0 Å². The molecule has 0 spiro atoms. The van der Waals surface area contributed by atoms with Gasteiger partial charge in [-0.25, -0.2) is 0 Å². The van der Waals surface area contributed by atoms with Crippen molar-refractivity contribution in [3.05, 3.63) is 90.0 Å². The Morgan fingerprint density at radius 2 is 1.00 bits per heavy atom. The van der Waals surface area contributed by atoms with Crippen LogP contribution < -0.4 is 5.30 Å². The van der Waals surface area contributed by atoms with Gasteiger partial charge in [0.25, 0.3) is 0 Å². The van der Waals surface area contributed by atoms with E-state index in [0.717, 1.165) is 0 Å². The Morgan fingerprint density at radius 3 is 1.43 bits per heavy atom. The van der Waals surface area contributed by atoms with Crippen molar-refractivity contribution in [3.8, 4) is 0 Å². The normalized spacial score (nSPS) is 10.9. The number of hydrogen-bond acceptors (Lipinski definition) is 2. The summed E-state index contributed by atoms with van der Waals surface area (Å²) in [4.78, 5) is 2.68. The van der Waals surface area contributed by atoms with Gasteiger partial charge >= 0.3 is 0 Å². The predicted molar refractivity (Wildman–Crippen MR) is 107 cm³/mol. The van der Waals surface area contributed by atoms with Gasteiger partial charge in [-0.3, -0.25) is 0 Å². The average Bonchev–Trinajstić information content (AvgIpc) is 2.59. The maximum atomic E-state index is 2.24. The first-order chi connectivity index (χ1) is 11.2. The van der Waals surface area contributed by atoms with Gasteiger partial charge in [0, 0.05) is 9.79 Å². The SMILES string of the molecule is Cc1ccc(SP(Sc2ccc(C)cc2)c2ccccc2)cc1. The van der Waals surface area contributed by atoms with Crippen LogP contribution in [0.1, 0.15) is 11.1 Å². The highest BCUT2D eigenvalue weighted by Crippen LogP contribution is 2.65. The number of aryl methyl sites for hydroxylation is 2. The summed E-state index contributed by atoms with van der Waals surface area (Å²) in [7, 11) is 0. The summed E-state index contributed by atoms with van der Waals surface area (Å²) < 4.78 is 0. The first kappa shape index (κ1) is 16.6. The average molecular weight is 354 g/mol. The second kappa shape index (κ2) is 8.06. The van der Waals surface area contributed by atoms with E-state index in [1.165, 1.54) is 26.2 Å². The first-order valence-corrected chi connectivity index (χ1v) is 11.7. The summed E-state index contributed by atoms with van der Waals surface area (Å²) >= 11 is 3.95. The molecule has 0 saturated heterocycles. The van der Waals surface area contributed by atoms with Crippen LogP contribution in [0.3, 0.4) is 0 Å². The van der Waals surface area contributed by atoms with Crippen LogP contribution in [0.2, 0.25) is 0 Å². The molecule has 3 rings (SSSR count). The lowest BCUT2D eigenvalue weighted by Gasteiger charge is -2.17. The summed E-state index contributed by atoms with van der Waals surface area (Å²) in [5.41, 5.74) is 2.62. The maximum Gasteiger partial charge on any atom is 0.0539 e. The third kappa shape index (κ3) is 4.88. The van der Waals surface area contributed by atoms with Crippen molar-refractivity contribution in [2.24, 2.45) is 0 Å². The minimum Gasteiger partial charge on any atom is -0.0818 e. The molecule has 0 unspecified atom stereocenters. The lowest BCUT2D eigenvalue weighted by molar-refractivity contribution is 1.38. The predicted octanol–water partition coefficient (Wildman–Crippen LogP) is 6.83. The highest BCUT2D eigenvalue weighted by atomic mass is 33.1. The number of benzene rings is 3. The van der Waals surface area contributed by atoms with Gasteiger partial charge < -0.3 is 0 Å². The Labute approximate surface area is 148 Å². The van der Waals surface area contributed by atoms with Crippen LogP contribution in [-0.2, 0) is 0 Å². The molecule has 3 aromatic carbocycles. The Kier molecular flexibility index (Phi) is 5.83. The van der Waals surface area contributed by atoms with Gasteiger partial charge in [-0.15, -0.1) is 0 Å². The van der Waals surface area contributed by atoms with Crippen molar-refractivity contribution >= 4 is 34.4 Å². The molecule has 0 nitrogen and oxygen atoms in total. The highest BCUT2D eigenvalue weighted by Gasteiger charge is 2.15. The summed E-state index contributed by atoms with van der Waals surface area (Å²) in [6.07, 6.45) is -0.394. The van der Waals surface area contributed by atoms with Gasteiger partial charge in [-0.2, -0.15) is 0 Å². The molecule has 0 aromatic heterocycles. The minimum absolute atomic E-state index is 0.394. The van der Waals surface area contributed by atoms with Gasteiger partial charge in [0.05, 0.1) is 6.33 Å². The van der Waals surface area contributed by atoms with Crippen molar-refractivity contribution in [1.82, 2.24) is 0 Å². The molecule has 0 aliphatic carbocycles. The second-order valence-corrected chi connectivity index (χ2v) is 11.7. The summed E-state index contributed by atoms with van der Waals surface area (Å²) in [5.74, 6) is 0. The third-order valence-corrected chi connectivity index (χ3v) is 10.3. The third-order valence-electron chi connectivity index (χ3n) is 3.39. The zero-order valence-corrected chi connectivity index (χ0v) is 15.8. The standard InChI is InChI=1S/C20H19PS2/c1-16-8-12-19(13-9-16)22-21(18-6-4-3-5-7-18)23-20-14-10-17(2)11-15-20/h3-15H,1-2H3. The Balaban J connectivity index is 1.84. The highest BCUT2D eigenvalue weighted by molar-refractivity contribution is 8.90. The molecule has 116 valence electrons. The molecular weight excluding hydrogens is 335 g/mol. The second-order valence-electron chi connectivity index (χ2n) is 5.40. The number of hydrogen-bond donors (Lipinski definition) is 0. The quantitative estimate of drug-likeness (QED) is 0.461. The fourth-order valence-corrected chi connectivity index (χ4v) is 8.86. The summed E-state index contributed by atoms with van der Waals surface area (Å²) in [6.45, 7) is 4.27. The largest absolute Gasteiger partial charge is 0.0818 e. The van der Waals surface area contributed by atoms with Crippen molar-refractivity contribution in [2.45, 2.75) is 23.6 Å². The smallest absolute Gasteiger partial charge is 0.0539 e. The van der Waals surface area contributed by atoms with Gasteiger partial charge in [-0.05, 0) is 43.4 Å². The van der Waals surface area contributed by atoms with E-state index in [0.29, 0.717) is 0 Å². The van der Waals surface area contributed by atoms with Gasteiger partial charge in [0.15, 0.2) is 0 Å².